The van der Waals surface area contributed by atoms with Crippen molar-refractivity contribution in [3.63, 3.8) is 0 Å². The molecule has 108 valence electrons. The number of rotatable bonds is 8. The van der Waals surface area contributed by atoms with E-state index in [1.807, 2.05) is 25.1 Å². The molecule has 0 amide bonds. The SMILES string of the molecule is C=C(C)CCOCc1oc2ccccc2c1CNCC. The van der Waals surface area contributed by atoms with Crippen LogP contribution in [-0.2, 0) is 17.9 Å². The maximum absolute atomic E-state index is 5.92. The second kappa shape index (κ2) is 7.27. The Morgan fingerprint density at radius 3 is 2.90 bits per heavy atom. The van der Waals surface area contributed by atoms with Gasteiger partial charge in [-0.15, -0.1) is 6.58 Å². The molecule has 2 aromatic rings. The third-order valence-electron chi connectivity index (χ3n) is 3.24. The number of benzene rings is 1. The Balaban J connectivity index is 2.11. The number of para-hydroxylation sites is 1. The first kappa shape index (κ1) is 14.8. The molecule has 1 aromatic carbocycles. The van der Waals surface area contributed by atoms with E-state index in [1.54, 1.807) is 0 Å². The fourth-order valence-electron chi connectivity index (χ4n) is 2.12. The standard InChI is InChI=1S/C17H23NO2/c1-4-18-11-15-14-7-5-6-8-16(14)20-17(15)12-19-10-9-13(2)3/h5-8,18H,2,4,9-12H2,1,3H3. The molecule has 0 spiro atoms. The smallest absolute Gasteiger partial charge is 0.135 e. The summed E-state index contributed by atoms with van der Waals surface area (Å²) >= 11 is 0. The summed E-state index contributed by atoms with van der Waals surface area (Å²) in [5.41, 5.74) is 3.28. The van der Waals surface area contributed by atoms with Crippen LogP contribution in [0.3, 0.4) is 0 Å². The van der Waals surface area contributed by atoms with E-state index in [2.05, 4.69) is 24.9 Å². The van der Waals surface area contributed by atoms with Gasteiger partial charge in [0.25, 0.3) is 0 Å². The van der Waals surface area contributed by atoms with Gasteiger partial charge in [-0.3, -0.25) is 0 Å². The minimum absolute atomic E-state index is 0.517. The van der Waals surface area contributed by atoms with Crippen molar-refractivity contribution < 1.29 is 9.15 Å². The van der Waals surface area contributed by atoms with Crippen molar-refractivity contribution in [2.24, 2.45) is 0 Å². The summed E-state index contributed by atoms with van der Waals surface area (Å²) in [6, 6.07) is 8.14. The largest absolute Gasteiger partial charge is 0.458 e. The highest BCUT2D eigenvalue weighted by molar-refractivity contribution is 5.82. The van der Waals surface area contributed by atoms with E-state index < -0.39 is 0 Å². The summed E-state index contributed by atoms with van der Waals surface area (Å²) in [4.78, 5) is 0. The van der Waals surface area contributed by atoms with E-state index in [0.717, 1.165) is 36.4 Å². The number of hydrogen-bond acceptors (Lipinski definition) is 3. The number of hydrogen-bond donors (Lipinski definition) is 1. The van der Waals surface area contributed by atoms with Crippen molar-refractivity contribution in [3.8, 4) is 0 Å². The zero-order valence-electron chi connectivity index (χ0n) is 12.4. The van der Waals surface area contributed by atoms with Crippen LogP contribution in [0.25, 0.3) is 11.0 Å². The first-order valence-corrected chi connectivity index (χ1v) is 7.14. The van der Waals surface area contributed by atoms with Crippen LogP contribution in [-0.4, -0.2) is 13.2 Å². The zero-order chi connectivity index (χ0) is 14.4. The predicted octanol–water partition coefficient (Wildman–Crippen LogP) is 4.03. The van der Waals surface area contributed by atoms with Crippen LogP contribution >= 0.6 is 0 Å². The lowest BCUT2D eigenvalue weighted by atomic mass is 10.1. The lowest BCUT2D eigenvalue weighted by Gasteiger charge is -2.05. The predicted molar refractivity (Wildman–Crippen MR) is 82.7 cm³/mol. The van der Waals surface area contributed by atoms with Gasteiger partial charge in [-0.2, -0.15) is 0 Å². The lowest BCUT2D eigenvalue weighted by Crippen LogP contribution is -2.13. The van der Waals surface area contributed by atoms with Gasteiger partial charge in [-0.25, -0.2) is 0 Å². The molecule has 3 nitrogen and oxygen atoms in total. The summed E-state index contributed by atoms with van der Waals surface area (Å²) in [7, 11) is 0. The van der Waals surface area contributed by atoms with Crippen LogP contribution in [0.4, 0.5) is 0 Å². The van der Waals surface area contributed by atoms with Crippen LogP contribution in [0.15, 0.2) is 40.8 Å². The molecule has 0 aliphatic rings. The summed E-state index contributed by atoms with van der Waals surface area (Å²) < 4.78 is 11.6. The molecule has 0 bridgehead atoms. The van der Waals surface area contributed by atoms with Gasteiger partial charge >= 0.3 is 0 Å². The second-order valence-corrected chi connectivity index (χ2v) is 5.04. The molecule has 0 saturated heterocycles. The van der Waals surface area contributed by atoms with Gasteiger partial charge < -0.3 is 14.5 Å². The Kier molecular flexibility index (Phi) is 5.39. The van der Waals surface area contributed by atoms with E-state index in [-0.39, 0.29) is 0 Å². The van der Waals surface area contributed by atoms with Gasteiger partial charge in [-0.1, -0.05) is 30.7 Å². The van der Waals surface area contributed by atoms with E-state index in [1.165, 1.54) is 10.9 Å². The Hall–Kier alpha value is -1.58. The van der Waals surface area contributed by atoms with Crippen molar-refractivity contribution in [1.82, 2.24) is 5.32 Å². The molecule has 1 aromatic heterocycles. The normalized spacial score (nSPS) is 11.1. The molecule has 1 heterocycles. The van der Waals surface area contributed by atoms with Crippen LogP contribution in [0.5, 0.6) is 0 Å². The number of nitrogens with one attached hydrogen (secondary N) is 1. The average Bonchev–Trinajstić information content (AvgIpc) is 2.79. The van der Waals surface area contributed by atoms with Crippen LogP contribution in [0, 0.1) is 0 Å². The molecular weight excluding hydrogens is 250 g/mol. The molecular formula is C17H23NO2. The monoisotopic (exact) mass is 273 g/mol. The minimum Gasteiger partial charge on any atom is -0.458 e. The van der Waals surface area contributed by atoms with Gasteiger partial charge in [0.15, 0.2) is 0 Å². The summed E-state index contributed by atoms with van der Waals surface area (Å²) in [5.74, 6) is 0.925. The number of ether oxygens (including phenoxy) is 1. The second-order valence-electron chi connectivity index (χ2n) is 5.04. The third kappa shape index (κ3) is 3.71. The molecule has 0 unspecified atom stereocenters. The highest BCUT2D eigenvalue weighted by Crippen LogP contribution is 2.26. The topological polar surface area (TPSA) is 34.4 Å². The van der Waals surface area contributed by atoms with Crippen molar-refractivity contribution in [2.45, 2.75) is 33.4 Å². The van der Waals surface area contributed by atoms with Crippen LogP contribution < -0.4 is 5.32 Å². The highest BCUT2D eigenvalue weighted by Gasteiger charge is 2.13. The lowest BCUT2D eigenvalue weighted by molar-refractivity contribution is 0.109. The molecule has 20 heavy (non-hydrogen) atoms. The number of furan rings is 1. The van der Waals surface area contributed by atoms with E-state index in [4.69, 9.17) is 9.15 Å². The molecule has 1 N–H and O–H groups in total. The molecule has 0 atom stereocenters. The maximum atomic E-state index is 5.92. The van der Waals surface area contributed by atoms with Gasteiger partial charge in [0.1, 0.15) is 18.0 Å². The quantitative estimate of drug-likeness (QED) is 0.582. The van der Waals surface area contributed by atoms with Crippen molar-refractivity contribution in [2.75, 3.05) is 13.2 Å². The molecule has 0 saturated carbocycles. The third-order valence-corrected chi connectivity index (χ3v) is 3.24. The molecule has 2 rings (SSSR count). The van der Waals surface area contributed by atoms with Crippen molar-refractivity contribution in [3.05, 3.63) is 47.7 Å². The fourth-order valence-corrected chi connectivity index (χ4v) is 2.12. The average molecular weight is 273 g/mol. The maximum Gasteiger partial charge on any atom is 0.135 e. The van der Waals surface area contributed by atoms with Gasteiger partial charge in [0.05, 0.1) is 6.61 Å². The van der Waals surface area contributed by atoms with Gasteiger partial charge in [-0.05, 0) is 26.0 Å². The first-order valence-electron chi connectivity index (χ1n) is 7.14. The molecule has 0 radical (unpaired) electrons. The van der Waals surface area contributed by atoms with Crippen molar-refractivity contribution in [1.29, 1.82) is 0 Å². The Labute approximate surface area is 120 Å². The number of fused-ring (bicyclic) bond motifs is 1. The minimum atomic E-state index is 0.517. The van der Waals surface area contributed by atoms with Crippen molar-refractivity contribution >= 4 is 11.0 Å². The molecule has 0 aliphatic heterocycles. The van der Waals surface area contributed by atoms with E-state index >= 15 is 0 Å². The molecule has 0 aliphatic carbocycles. The Morgan fingerprint density at radius 2 is 2.15 bits per heavy atom. The summed E-state index contributed by atoms with van der Waals surface area (Å²) in [5, 5.41) is 4.54. The molecule has 0 fully saturated rings. The van der Waals surface area contributed by atoms with Gasteiger partial charge in [0, 0.05) is 17.5 Å². The van der Waals surface area contributed by atoms with E-state index in [0.29, 0.717) is 13.2 Å². The molecule has 3 heteroatoms. The Morgan fingerprint density at radius 1 is 1.35 bits per heavy atom. The highest BCUT2D eigenvalue weighted by atomic mass is 16.5. The summed E-state index contributed by atoms with van der Waals surface area (Å²) in [6.45, 7) is 11.0. The van der Waals surface area contributed by atoms with Gasteiger partial charge in [0.2, 0.25) is 0 Å². The summed E-state index contributed by atoms with van der Waals surface area (Å²) in [6.07, 6.45) is 0.892. The fraction of sp³-hybridized carbons (Fsp3) is 0.412. The zero-order valence-corrected chi connectivity index (χ0v) is 12.4. The Bertz CT molecular complexity index is 571. The van der Waals surface area contributed by atoms with E-state index in [9.17, 15) is 0 Å². The van der Waals surface area contributed by atoms with Crippen LogP contribution in [0.2, 0.25) is 0 Å². The van der Waals surface area contributed by atoms with Crippen LogP contribution in [0.1, 0.15) is 31.6 Å². The first-order chi connectivity index (χ1) is 9.72.